The standard InChI is InChI=1S/C22H27N2O2P/c1-17(16-24-13-12-23-22(24)18(2)25)15-21(27-4)20-10-8-19(9-11-20)7-5-6-14-26-3/h8-13,15,18,25,27H,1,6,14,16H2,2-4H3/b21-15-/t18-/m0/s1. The van der Waals surface area contributed by atoms with Gasteiger partial charge in [0.25, 0.3) is 0 Å². The van der Waals surface area contributed by atoms with Crippen molar-refractivity contribution in [1.29, 1.82) is 0 Å². The van der Waals surface area contributed by atoms with E-state index in [2.05, 4.69) is 48.3 Å². The third-order valence-electron chi connectivity index (χ3n) is 3.97. The van der Waals surface area contributed by atoms with Crippen LogP contribution in [0.1, 0.15) is 36.4 Å². The highest BCUT2D eigenvalue weighted by Gasteiger charge is 2.09. The average molecular weight is 382 g/mol. The van der Waals surface area contributed by atoms with Gasteiger partial charge >= 0.3 is 0 Å². The van der Waals surface area contributed by atoms with E-state index in [1.165, 1.54) is 10.9 Å². The number of aliphatic hydroxyl groups is 1. The highest BCUT2D eigenvalue weighted by atomic mass is 31.1. The van der Waals surface area contributed by atoms with Gasteiger partial charge in [-0.05, 0) is 48.2 Å². The van der Waals surface area contributed by atoms with E-state index in [-0.39, 0.29) is 0 Å². The van der Waals surface area contributed by atoms with Crippen molar-refractivity contribution in [2.75, 3.05) is 20.4 Å². The summed E-state index contributed by atoms with van der Waals surface area (Å²) in [7, 11) is 2.33. The van der Waals surface area contributed by atoms with Gasteiger partial charge in [-0.15, -0.1) is 0 Å². The fraction of sp³-hybridized carbons (Fsp3) is 0.318. The summed E-state index contributed by atoms with van der Waals surface area (Å²) < 4.78 is 6.93. The van der Waals surface area contributed by atoms with E-state index in [0.29, 0.717) is 27.6 Å². The van der Waals surface area contributed by atoms with Gasteiger partial charge in [0.15, 0.2) is 0 Å². The number of benzene rings is 1. The summed E-state index contributed by atoms with van der Waals surface area (Å²) in [6.45, 7) is 9.33. The Morgan fingerprint density at radius 2 is 2.15 bits per heavy atom. The molecule has 1 aromatic heterocycles. The predicted octanol–water partition coefficient (Wildman–Crippen LogP) is 4.23. The Morgan fingerprint density at radius 3 is 2.78 bits per heavy atom. The highest BCUT2D eigenvalue weighted by molar-refractivity contribution is 7.49. The Morgan fingerprint density at radius 1 is 1.41 bits per heavy atom. The van der Waals surface area contributed by atoms with Crippen LogP contribution in [0.5, 0.6) is 0 Å². The molecule has 2 rings (SSSR count). The van der Waals surface area contributed by atoms with Gasteiger partial charge in [0.2, 0.25) is 0 Å². The normalized spacial score (nSPS) is 12.8. The number of hydrogen-bond acceptors (Lipinski definition) is 3. The quantitative estimate of drug-likeness (QED) is 0.322. The Kier molecular flexibility index (Phi) is 8.48. The minimum Gasteiger partial charge on any atom is -0.385 e. The average Bonchev–Trinajstić information content (AvgIpc) is 3.12. The first-order valence-corrected chi connectivity index (χ1v) is 10.4. The van der Waals surface area contributed by atoms with Crippen LogP contribution in [0, 0.1) is 11.8 Å². The maximum atomic E-state index is 9.78. The molecule has 1 aromatic carbocycles. The SMILES string of the molecule is C=C(/C=C(\PC)c1ccc(C#CCCOC)cc1)Cn1ccnc1[C@H](C)O. The molecule has 0 saturated carbocycles. The van der Waals surface area contributed by atoms with Gasteiger partial charge in [-0.3, -0.25) is 0 Å². The summed E-state index contributed by atoms with van der Waals surface area (Å²) in [6.07, 6.45) is 5.84. The molecular formula is C22H27N2O2P. The molecular weight excluding hydrogens is 355 g/mol. The summed E-state index contributed by atoms with van der Waals surface area (Å²) in [6, 6.07) is 8.31. The number of hydrogen-bond donors (Lipinski definition) is 1. The largest absolute Gasteiger partial charge is 0.385 e. The van der Waals surface area contributed by atoms with E-state index in [1.807, 2.05) is 22.9 Å². The minimum atomic E-state index is -0.596. The molecule has 2 atom stereocenters. The molecule has 4 nitrogen and oxygen atoms in total. The summed E-state index contributed by atoms with van der Waals surface area (Å²) >= 11 is 0. The molecule has 0 aliphatic rings. The lowest BCUT2D eigenvalue weighted by Crippen LogP contribution is -2.07. The van der Waals surface area contributed by atoms with E-state index in [9.17, 15) is 5.11 Å². The highest BCUT2D eigenvalue weighted by Crippen LogP contribution is 2.32. The molecule has 0 spiro atoms. The van der Waals surface area contributed by atoms with Gasteiger partial charge < -0.3 is 14.4 Å². The van der Waals surface area contributed by atoms with Crippen LogP contribution in [0.2, 0.25) is 0 Å². The van der Waals surface area contributed by atoms with Crippen molar-refractivity contribution in [3.8, 4) is 11.8 Å². The number of ether oxygens (including phenoxy) is 1. The smallest absolute Gasteiger partial charge is 0.137 e. The van der Waals surface area contributed by atoms with Crippen molar-refractivity contribution >= 4 is 13.9 Å². The molecule has 0 bridgehead atoms. The van der Waals surface area contributed by atoms with Crippen molar-refractivity contribution in [3.63, 3.8) is 0 Å². The Balaban J connectivity index is 2.09. The lowest BCUT2D eigenvalue weighted by Gasteiger charge is -2.11. The number of allylic oxidation sites excluding steroid dienone is 2. The first-order valence-electron chi connectivity index (χ1n) is 8.89. The van der Waals surface area contributed by atoms with Crippen LogP contribution >= 0.6 is 8.58 Å². The maximum Gasteiger partial charge on any atom is 0.137 e. The number of nitrogens with zero attached hydrogens (tertiary/aromatic N) is 2. The van der Waals surface area contributed by atoms with Gasteiger partial charge in [-0.25, -0.2) is 4.98 Å². The number of rotatable bonds is 8. The van der Waals surface area contributed by atoms with Gasteiger partial charge in [0.1, 0.15) is 11.9 Å². The number of methoxy groups -OCH3 is 1. The maximum absolute atomic E-state index is 9.78. The molecule has 0 amide bonds. The van der Waals surface area contributed by atoms with E-state index in [4.69, 9.17) is 4.74 Å². The third-order valence-corrected chi connectivity index (χ3v) is 4.94. The van der Waals surface area contributed by atoms with Crippen LogP contribution in [0.25, 0.3) is 5.31 Å². The minimum absolute atomic E-state index is 0.596. The van der Waals surface area contributed by atoms with Gasteiger partial charge in [-0.2, -0.15) is 0 Å². The fourth-order valence-electron chi connectivity index (χ4n) is 2.64. The molecule has 0 fully saturated rings. The molecule has 0 radical (unpaired) electrons. The number of aliphatic hydroxyl groups excluding tert-OH is 1. The molecule has 5 heteroatoms. The van der Waals surface area contributed by atoms with Crippen molar-refractivity contribution in [3.05, 3.63) is 71.8 Å². The van der Waals surface area contributed by atoms with Crippen LogP contribution in [-0.2, 0) is 11.3 Å². The lowest BCUT2D eigenvalue weighted by atomic mass is 10.1. The zero-order chi connectivity index (χ0) is 19.6. The molecule has 2 aromatic rings. The van der Waals surface area contributed by atoms with Crippen molar-refractivity contribution < 1.29 is 9.84 Å². The summed E-state index contributed by atoms with van der Waals surface area (Å²) in [5, 5.41) is 11.0. The number of aromatic nitrogens is 2. The Bertz CT molecular complexity index is 839. The molecule has 1 N–H and O–H groups in total. The second kappa shape index (κ2) is 10.8. The van der Waals surface area contributed by atoms with Crippen LogP contribution < -0.4 is 0 Å². The first-order chi connectivity index (χ1) is 13.0. The monoisotopic (exact) mass is 382 g/mol. The zero-order valence-electron chi connectivity index (χ0n) is 16.2. The summed E-state index contributed by atoms with van der Waals surface area (Å²) in [4.78, 5) is 4.20. The van der Waals surface area contributed by atoms with E-state index in [1.54, 1.807) is 20.2 Å². The summed E-state index contributed by atoms with van der Waals surface area (Å²) in [5.41, 5.74) is 3.16. The van der Waals surface area contributed by atoms with Gasteiger partial charge in [0, 0.05) is 38.0 Å². The third kappa shape index (κ3) is 6.48. The number of imidazole rings is 1. The van der Waals surface area contributed by atoms with Crippen LogP contribution in [-0.4, -0.2) is 35.0 Å². The zero-order valence-corrected chi connectivity index (χ0v) is 17.2. The molecule has 1 heterocycles. The van der Waals surface area contributed by atoms with Crippen molar-refractivity contribution in [2.45, 2.75) is 26.0 Å². The van der Waals surface area contributed by atoms with Gasteiger partial charge in [-0.1, -0.05) is 39.1 Å². The molecule has 27 heavy (non-hydrogen) atoms. The lowest BCUT2D eigenvalue weighted by molar-refractivity contribution is 0.184. The topological polar surface area (TPSA) is 47.3 Å². The molecule has 0 saturated heterocycles. The van der Waals surface area contributed by atoms with Crippen LogP contribution in [0.3, 0.4) is 0 Å². The molecule has 1 unspecified atom stereocenters. The second-order valence-corrected chi connectivity index (χ2v) is 7.22. The van der Waals surface area contributed by atoms with Crippen molar-refractivity contribution in [2.24, 2.45) is 0 Å². The Hall–Kier alpha value is -2.18. The van der Waals surface area contributed by atoms with Crippen molar-refractivity contribution in [1.82, 2.24) is 9.55 Å². The van der Waals surface area contributed by atoms with Crippen LogP contribution in [0.15, 0.2) is 54.9 Å². The molecule has 0 aliphatic heterocycles. The summed E-state index contributed by atoms with van der Waals surface area (Å²) in [5.74, 6) is 6.91. The van der Waals surface area contributed by atoms with Gasteiger partial charge in [0.05, 0.1) is 6.61 Å². The van der Waals surface area contributed by atoms with Crippen LogP contribution in [0.4, 0.5) is 0 Å². The fourth-order valence-corrected chi connectivity index (χ4v) is 3.45. The predicted molar refractivity (Wildman–Crippen MR) is 114 cm³/mol. The first kappa shape index (κ1) is 21.1. The molecule has 0 aliphatic carbocycles. The van der Waals surface area contributed by atoms with E-state index < -0.39 is 6.10 Å². The molecule has 142 valence electrons. The Labute approximate surface area is 163 Å². The second-order valence-electron chi connectivity index (χ2n) is 6.18. The van der Waals surface area contributed by atoms with E-state index >= 15 is 0 Å². The van der Waals surface area contributed by atoms with E-state index in [0.717, 1.165) is 17.6 Å².